The summed E-state index contributed by atoms with van der Waals surface area (Å²) in [7, 11) is 5.55. The lowest BCUT2D eigenvalue weighted by Gasteiger charge is -2.33. The molecule has 1 aliphatic rings. The van der Waals surface area contributed by atoms with E-state index < -0.39 is 5.92 Å². The van der Waals surface area contributed by atoms with Crippen molar-refractivity contribution in [2.24, 2.45) is 7.05 Å². The topological polar surface area (TPSA) is 79.3 Å². The van der Waals surface area contributed by atoms with Crippen LogP contribution in [-0.2, 0) is 16.6 Å². The van der Waals surface area contributed by atoms with Crippen LogP contribution in [0.4, 0.5) is 5.69 Å². The van der Waals surface area contributed by atoms with Gasteiger partial charge in [0, 0.05) is 50.7 Å². The number of carbonyl (C=O) groups excluding carboxylic acids is 2. The number of likely N-dealkylation sites (N-methyl/N-ethyl adjacent to an activating group) is 1. The third-order valence-electron chi connectivity index (χ3n) is 5.60. The van der Waals surface area contributed by atoms with Gasteiger partial charge in [0.05, 0.1) is 17.1 Å². The zero-order valence-corrected chi connectivity index (χ0v) is 16.4. The van der Waals surface area contributed by atoms with Gasteiger partial charge in [-0.2, -0.15) is 5.10 Å². The third-order valence-corrected chi connectivity index (χ3v) is 5.60. The van der Waals surface area contributed by atoms with Gasteiger partial charge in [-0.15, -0.1) is 0 Å². The standard InChI is InChI=1S/C20H29N5O2/c1-21-14-8-10-25(11-9-14)15-6-7-16-18(13-15)24(3)23-19(16)17(5-4-12-26)20(27)22-2/h6-7,12-14,17,21H,4-5,8-11H2,1-3H3,(H,22,27). The van der Waals surface area contributed by atoms with E-state index in [0.717, 1.165) is 48.8 Å². The summed E-state index contributed by atoms with van der Waals surface area (Å²) in [6.07, 6.45) is 3.93. The molecule has 0 aliphatic carbocycles. The molecule has 0 bridgehead atoms. The van der Waals surface area contributed by atoms with Crippen LogP contribution in [0.5, 0.6) is 0 Å². The first kappa shape index (κ1) is 19.4. The Balaban J connectivity index is 1.91. The number of rotatable bonds is 7. The molecule has 0 saturated carbocycles. The second kappa shape index (κ2) is 8.52. The van der Waals surface area contributed by atoms with Crippen LogP contribution >= 0.6 is 0 Å². The number of benzene rings is 1. The SMILES string of the molecule is CNC(=O)C(CCC=O)c1nn(C)c2cc(N3CCC(NC)CC3)ccc12. The monoisotopic (exact) mass is 371 g/mol. The molecule has 3 rings (SSSR count). The van der Waals surface area contributed by atoms with E-state index in [1.54, 1.807) is 7.05 Å². The van der Waals surface area contributed by atoms with Crippen LogP contribution in [0, 0.1) is 0 Å². The van der Waals surface area contributed by atoms with Crippen molar-refractivity contribution in [3.05, 3.63) is 23.9 Å². The average molecular weight is 371 g/mol. The van der Waals surface area contributed by atoms with Crippen molar-refractivity contribution in [1.82, 2.24) is 20.4 Å². The average Bonchev–Trinajstić information content (AvgIpc) is 3.04. The largest absolute Gasteiger partial charge is 0.371 e. The molecule has 1 aromatic heterocycles. The number of hydrogen-bond donors (Lipinski definition) is 2. The third kappa shape index (κ3) is 3.98. The molecule has 2 heterocycles. The van der Waals surface area contributed by atoms with Crippen molar-refractivity contribution >= 4 is 28.8 Å². The Hall–Kier alpha value is -2.41. The van der Waals surface area contributed by atoms with Crippen LogP contribution in [0.3, 0.4) is 0 Å². The lowest BCUT2D eigenvalue weighted by molar-refractivity contribution is -0.122. The first-order valence-corrected chi connectivity index (χ1v) is 9.63. The normalized spacial score (nSPS) is 16.5. The fourth-order valence-electron chi connectivity index (χ4n) is 3.96. The highest BCUT2D eigenvalue weighted by Gasteiger charge is 2.26. The van der Waals surface area contributed by atoms with Crippen LogP contribution in [0.1, 0.15) is 37.3 Å². The Morgan fingerprint density at radius 3 is 2.70 bits per heavy atom. The minimum absolute atomic E-state index is 0.102. The lowest BCUT2D eigenvalue weighted by Crippen LogP contribution is -2.41. The summed E-state index contributed by atoms with van der Waals surface area (Å²) in [4.78, 5) is 25.6. The molecule has 1 aromatic carbocycles. The van der Waals surface area contributed by atoms with E-state index in [-0.39, 0.29) is 5.91 Å². The molecule has 1 amide bonds. The Morgan fingerprint density at radius 1 is 1.33 bits per heavy atom. The first-order valence-electron chi connectivity index (χ1n) is 9.63. The van der Waals surface area contributed by atoms with Crippen LogP contribution in [-0.4, -0.2) is 55.2 Å². The lowest BCUT2D eigenvalue weighted by atomic mass is 9.95. The quantitative estimate of drug-likeness (QED) is 0.723. The van der Waals surface area contributed by atoms with Gasteiger partial charge in [0.2, 0.25) is 5.91 Å². The summed E-state index contributed by atoms with van der Waals surface area (Å²) in [6.45, 7) is 2.06. The number of carbonyl (C=O) groups is 2. The highest BCUT2D eigenvalue weighted by Crippen LogP contribution is 2.31. The molecule has 1 atom stereocenters. The van der Waals surface area contributed by atoms with E-state index in [1.165, 1.54) is 5.69 Å². The second-order valence-corrected chi connectivity index (χ2v) is 7.17. The number of hydrogen-bond acceptors (Lipinski definition) is 5. The number of nitrogens with zero attached hydrogens (tertiary/aromatic N) is 3. The molecule has 146 valence electrons. The Labute approximate surface area is 160 Å². The number of nitrogens with one attached hydrogen (secondary N) is 2. The zero-order valence-electron chi connectivity index (χ0n) is 16.4. The summed E-state index contributed by atoms with van der Waals surface area (Å²) in [5, 5.41) is 11.7. The van der Waals surface area contributed by atoms with Crippen molar-refractivity contribution in [1.29, 1.82) is 0 Å². The smallest absolute Gasteiger partial charge is 0.228 e. The van der Waals surface area contributed by atoms with Gasteiger partial charge in [0.15, 0.2) is 0 Å². The van der Waals surface area contributed by atoms with Crippen LogP contribution < -0.4 is 15.5 Å². The number of amides is 1. The van der Waals surface area contributed by atoms with Crippen LogP contribution in [0.2, 0.25) is 0 Å². The van der Waals surface area contributed by atoms with Crippen LogP contribution in [0.15, 0.2) is 18.2 Å². The maximum atomic E-state index is 12.4. The molecular formula is C20H29N5O2. The molecule has 2 aromatic rings. The van der Waals surface area contributed by atoms with E-state index in [0.29, 0.717) is 18.9 Å². The van der Waals surface area contributed by atoms with Crippen molar-refractivity contribution < 1.29 is 9.59 Å². The maximum Gasteiger partial charge on any atom is 0.228 e. The highest BCUT2D eigenvalue weighted by atomic mass is 16.1. The molecule has 7 heteroatoms. The number of piperidine rings is 1. The van der Waals surface area contributed by atoms with Gasteiger partial charge in [-0.25, -0.2) is 0 Å². The zero-order chi connectivity index (χ0) is 19.4. The van der Waals surface area contributed by atoms with Gasteiger partial charge in [-0.05, 0) is 44.5 Å². The van der Waals surface area contributed by atoms with Crippen molar-refractivity contribution in [3.63, 3.8) is 0 Å². The number of fused-ring (bicyclic) bond motifs is 1. The molecule has 1 fully saturated rings. The predicted molar refractivity (Wildman–Crippen MR) is 107 cm³/mol. The van der Waals surface area contributed by atoms with E-state index in [9.17, 15) is 9.59 Å². The van der Waals surface area contributed by atoms with E-state index >= 15 is 0 Å². The summed E-state index contributed by atoms with van der Waals surface area (Å²) >= 11 is 0. The van der Waals surface area contributed by atoms with Crippen molar-refractivity contribution in [2.45, 2.75) is 37.6 Å². The van der Waals surface area contributed by atoms with E-state index in [2.05, 4.69) is 38.8 Å². The molecule has 1 unspecified atom stereocenters. The first-order chi connectivity index (χ1) is 13.1. The minimum Gasteiger partial charge on any atom is -0.371 e. The number of anilines is 1. The van der Waals surface area contributed by atoms with Crippen molar-refractivity contribution in [2.75, 3.05) is 32.1 Å². The molecule has 2 N–H and O–H groups in total. The molecule has 7 nitrogen and oxygen atoms in total. The molecule has 27 heavy (non-hydrogen) atoms. The predicted octanol–water partition coefficient (Wildman–Crippen LogP) is 1.57. The summed E-state index contributed by atoms with van der Waals surface area (Å²) in [5.74, 6) is -0.517. The van der Waals surface area contributed by atoms with Crippen LogP contribution in [0.25, 0.3) is 10.9 Å². The van der Waals surface area contributed by atoms with Crippen molar-refractivity contribution in [3.8, 4) is 0 Å². The van der Waals surface area contributed by atoms with Gasteiger partial charge < -0.3 is 20.3 Å². The van der Waals surface area contributed by atoms with Gasteiger partial charge in [-0.1, -0.05) is 0 Å². The summed E-state index contributed by atoms with van der Waals surface area (Å²) < 4.78 is 1.84. The second-order valence-electron chi connectivity index (χ2n) is 7.17. The molecule has 1 aliphatic heterocycles. The number of aryl methyl sites for hydroxylation is 1. The minimum atomic E-state index is -0.416. The maximum absolute atomic E-state index is 12.4. The van der Waals surface area contributed by atoms with Gasteiger partial charge >= 0.3 is 0 Å². The molecule has 0 radical (unpaired) electrons. The highest BCUT2D eigenvalue weighted by molar-refractivity contribution is 5.92. The Kier molecular flexibility index (Phi) is 6.11. The molecular weight excluding hydrogens is 342 g/mol. The number of aromatic nitrogens is 2. The van der Waals surface area contributed by atoms with Gasteiger partial charge in [0.25, 0.3) is 0 Å². The van der Waals surface area contributed by atoms with Gasteiger partial charge in [-0.3, -0.25) is 9.48 Å². The van der Waals surface area contributed by atoms with E-state index in [1.807, 2.05) is 18.8 Å². The number of aldehydes is 1. The Morgan fingerprint density at radius 2 is 2.07 bits per heavy atom. The Bertz CT molecular complexity index is 808. The fraction of sp³-hybridized carbons (Fsp3) is 0.550. The van der Waals surface area contributed by atoms with E-state index in [4.69, 9.17) is 0 Å². The fourth-order valence-corrected chi connectivity index (χ4v) is 3.96. The summed E-state index contributed by atoms with van der Waals surface area (Å²) in [5.41, 5.74) is 2.95. The van der Waals surface area contributed by atoms with Gasteiger partial charge in [0.1, 0.15) is 6.29 Å². The molecule has 1 saturated heterocycles. The summed E-state index contributed by atoms with van der Waals surface area (Å²) in [6, 6.07) is 6.94. The molecule has 0 spiro atoms.